The third-order valence-corrected chi connectivity index (χ3v) is 5.50. The van der Waals surface area contributed by atoms with Gasteiger partial charge in [-0.2, -0.15) is 0 Å². The van der Waals surface area contributed by atoms with E-state index in [1.807, 2.05) is 37.4 Å². The van der Waals surface area contributed by atoms with Crippen molar-refractivity contribution in [2.24, 2.45) is 5.73 Å². The van der Waals surface area contributed by atoms with Crippen molar-refractivity contribution in [3.63, 3.8) is 0 Å². The van der Waals surface area contributed by atoms with E-state index in [1.165, 1.54) is 0 Å². The Balaban J connectivity index is 1.66. The van der Waals surface area contributed by atoms with Gasteiger partial charge in [0.1, 0.15) is 11.6 Å². The number of fused-ring (bicyclic) bond motifs is 1. The van der Waals surface area contributed by atoms with E-state index < -0.39 is 0 Å². The van der Waals surface area contributed by atoms with E-state index in [2.05, 4.69) is 4.90 Å². The van der Waals surface area contributed by atoms with Crippen LogP contribution in [0.3, 0.4) is 0 Å². The van der Waals surface area contributed by atoms with E-state index in [9.17, 15) is 9.18 Å². The number of anilines is 1. The van der Waals surface area contributed by atoms with E-state index >= 15 is 0 Å². The number of aromatic nitrogens is 1. The molecule has 0 radical (unpaired) electrons. The van der Waals surface area contributed by atoms with Crippen LogP contribution in [0.15, 0.2) is 54.6 Å². The normalized spacial score (nSPS) is 15.1. The number of pyridine rings is 1. The summed E-state index contributed by atoms with van der Waals surface area (Å²) in [5, 5.41) is 0. The van der Waals surface area contributed by atoms with E-state index in [0.717, 1.165) is 11.3 Å². The predicted molar refractivity (Wildman–Crippen MR) is 121 cm³/mol. The van der Waals surface area contributed by atoms with Crippen molar-refractivity contribution >= 4 is 11.7 Å². The molecule has 2 aromatic carbocycles. The molecule has 1 aliphatic rings. The number of halogens is 1. The Kier molecular flexibility index (Phi) is 6.37. The van der Waals surface area contributed by atoms with Crippen LogP contribution in [0.25, 0.3) is 11.3 Å². The highest BCUT2D eigenvalue weighted by molar-refractivity contribution is 5.76. The highest BCUT2D eigenvalue weighted by atomic mass is 19.1. The van der Waals surface area contributed by atoms with Crippen LogP contribution in [0, 0.1) is 5.82 Å². The first kappa shape index (κ1) is 21.8. The lowest BCUT2D eigenvalue weighted by Gasteiger charge is -2.34. The zero-order chi connectivity index (χ0) is 22.7. The fourth-order valence-electron chi connectivity index (χ4n) is 3.91. The number of likely N-dealkylation sites (N-methyl/N-ethyl adjacent to an activating group) is 1. The summed E-state index contributed by atoms with van der Waals surface area (Å²) in [5.41, 5.74) is 9.37. The van der Waals surface area contributed by atoms with Crippen molar-refractivity contribution in [3.05, 3.63) is 77.2 Å². The number of para-hydroxylation sites is 1. The number of ether oxygens (including phenoxy) is 2. The number of carbonyl (C=O) groups is 1. The van der Waals surface area contributed by atoms with Gasteiger partial charge in [0.15, 0.2) is 6.10 Å². The van der Waals surface area contributed by atoms with Crippen molar-refractivity contribution in [1.82, 2.24) is 4.98 Å². The minimum Gasteiger partial charge on any atom is -0.480 e. The molecule has 4 rings (SSSR count). The first-order valence-corrected chi connectivity index (χ1v) is 10.6. The summed E-state index contributed by atoms with van der Waals surface area (Å²) in [6.45, 7) is 2.80. The number of rotatable bonds is 6. The molecule has 1 atom stereocenters. The highest BCUT2D eigenvalue weighted by Crippen LogP contribution is 2.40. The van der Waals surface area contributed by atoms with Crippen molar-refractivity contribution in [1.29, 1.82) is 0 Å². The molecule has 1 unspecified atom stereocenters. The monoisotopic (exact) mass is 435 g/mol. The molecular formula is C25H26FN3O3. The summed E-state index contributed by atoms with van der Waals surface area (Å²) in [6, 6.07) is 16.3. The number of esters is 1. The third-order valence-electron chi connectivity index (χ3n) is 5.50. The lowest BCUT2D eigenvalue weighted by atomic mass is 10.0. The van der Waals surface area contributed by atoms with Crippen LogP contribution in [0.1, 0.15) is 29.8 Å². The van der Waals surface area contributed by atoms with Gasteiger partial charge in [-0.05, 0) is 31.2 Å². The molecule has 1 aromatic heterocycles. The van der Waals surface area contributed by atoms with Crippen LogP contribution in [-0.2, 0) is 22.5 Å². The maximum Gasteiger partial charge on any atom is 0.310 e. The molecule has 0 saturated carbocycles. The largest absolute Gasteiger partial charge is 0.480 e. The summed E-state index contributed by atoms with van der Waals surface area (Å²) in [6.07, 6.45) is -0.251. The Hall–Kier alpha value is -3.45. The van der Waals surface area contributed by atoms with Crippen molar-refractivity contribution in [3.8, 4) is 17.0 Å². The molecule has 6 nitrogen and oxygen atoms in total. The molecule has 2 N–H and O–H groups in total. The lowest BCUT2D eigenvalue weighted by Crippen LogP contribution is -2.33. The second-order valence-corrected chi connectivity index (χ2v) is 7.66. The molecule has 32 heavy (non-hydrogen) atoms. The average molecular weight is 435 g/mol. The maximum atomic E-state index is 14.8. The summed E-state index contributed by atoms with van der Waals surface area (Å²) >= 11 is 0. The smallest absolute Gasteiger partial charge is 0.310 e. The van der Waals surface area contributed by atoms with Crippen LogP contribution in [0.5, 0.6) is 5.75 Å². The number of nitrogens with zero attached hydrogens (tertiary/aromatic N) is 2. The topological polar surface area (TPSA) is 77.7 Å². The first-order valence-electron chi connectivity index (χ1n) is 10.6. The van der Waals surface area contributed by atoms with Gasteiger partial charge in [-0.15, -0.1) is 0 Å². The summed E-state index contributed by atoms with van der Waals surface area (Å²) < 4.78 is 26.3. The van der Waals surface area contributed by atoms with Crippen LogP contribution in [0.4, 0.5) is 10.1 Å². The number of carbonyl (C=O) groups excluding carboxylic acids is 1. The standard InChI is InChI=1S/C25H26FN3O3/c1-3-31-23(30)13-16-7-5-12-21-25(16)32-22(15-29(21)2)20-11-6-10-19(28-20)18-9-4-8-17(14-27)24(18)26/h4-12,22H,3,13-15,27H2,1-2H3. The van der Waals surface area contributed by atoms with Crippen LogP contribution < -0.4 is 15.4 Å². The zero-order valence-corrected chi connectivity index (χ0v) is 18.2. The van der Waals surface area contributed by atoms with Gasteiger partial charge in [0.25, 0.3) is 0 Å². The second kappa shape index (κ2) is 9.36. The molecule has 3 aromatic rings. The van der Waals surface area contributed by atoms with E-state index in [-0.39, 0.29) is 30.9 Å². The van der Waals surface area contributed by atoms with Crippen LogP contribution >= 0.6 is 0 Å². The molecule has 166 valence electrons. The number of hydrogen-bond acceptors (Lipinski definition) is 6. The van der Waals surface area contributed by atoms with Gasteiger partial charge in [0.2, 0.25) is 0 Å². The number of nitrogens with two attached hydrogens (primary N) is 1. The van der Waals surface area contributed by atoms with Gasteiger partial charge >= 0.3 is 5.97 Å². The minimum atomic E-state index is -0.378. The Morgan fingerprint density at radius 3 is 2.72 bits per heavy atom. The molecular weight excluding hydrogens is 409 g/mol. The van der Waals surface area contributed by atoms with Crippen LogP contribution in [0.2, 0.25) is 0 Å². The molecule has 0 spiro atoms. The van der Waals surface area contributed by atoms with Gasteiger partial charge in [-0.1, -0.05) is 30.3 Å². The SMILES string of the molecule is CCOC(=O)Cc1cccc2c1OC(c1cccc(-c3cccc(CN)c3F)n1)CN2C. The Morgan fingerprint density at radius 1 is 1.19 bits per heavy atom. The molecule has 2 heterocycles. The molecule has 0 bridgehead atoms. The molecule has 7 heteroatoms. The van der Waals surface area contributed by atoms with Gasteiger partial charge < -0.3 is 20.1 Å². The predicted octanol–water partition coefficient (Wildman–Crippen LogP) is 4.02. The molecule has 0 amide bonds. The fourth-order valence-corrected chi connectivity index (χ4v) is 3.91. The van der Waals surface area contributed by atoms with Crippen LogP contribution in [-0.4, -0.2) is 31.2 Å². The summed E-state index contributed by atoms with van der Waals surface area (Å²) in [7, 11) is 1.97. The van der Waals surface area contributed by atoms with Crippen molar-refractivity contribution < 1.29 is 18.7 Å². The molecule has 0 aliphatic carbocycles. The Labute approximate surface area is 186 Å². The van der Waals surface area contributed by atoms with Gasteiger partial charge in [-0.3, -0.25) is 4.79 Å². The van der Waals surface area contributed by atoms with Crippen molar-refractivity contribution in [2.75, 3.05) is 25.1 Å². The maximum absolute atomic E-state index is 14.8. The minimum absolute atomic E-state index is 0.121. The van der Waals surface area contributed by atoms with Gasteiger partial charge in [0, 0.05) is 30.3 Å². The third kappa shape index (κ3) is 4.29. The lowest BCUT2D eigenvalue weighted by molar-refractivity contribution is -0.142. The zero-order valence-electron chi connectivity index (χ0n) is 18.2. The summed E-state index contributed by atoms with van der Waals surface area (Å²) in [5.74, 6) is -0.0177. The van der Waals surface area contributed by atoms with Gasteiger partial charge in [-0.25, -0.2) is 9.37 Å². The number of benzene rings is 2. The second-order valence-electron chi connectivity index (χ2n) is 7.66. The first-order chi connectivity index (χ1) is 15.5. The number of hydrogen-bond donors (Lipinski definition) is 1. The Morgan fingerprint density at radius 2 is 1.94 bits per heavy atom. The molecule has 1 aliphatic heterocycles. The highest BCUT2D eigenvalue weighted by Gasteiger charge is 2.28. The Bertz CT molecular complexity index is 1140. The quantitative estimate of drug-likeness (QED) is 0.590. The molecule has 0 saturated heterocycles. The van der Waals surface area contributed by atoms with Gasteiger partial charge in [0.05, 0.1) is 36.6 Å². The average Bonchev–Trinajstić information content (AvgIpc) is 2.80. The fraction of sp³-hybridized carbons (Fsp3) is 0.280. The van der Waals surface area contributed by atoms with Crippen molar-refractivity contribution in [2.45, 2.75) is 26.0 Å². The van der Waals surface area contributed by atoms with E-state index in [0.29, 0.717) is 41.4 Å². The molecule has 0 fully saturated rings. The van der Waals surface area contributed by atoms with E-state index in [1.54, 1.807) is 31.2 Å². The van der Waals surface area contributed by atoms with E-state index in [4.69, 9.17) is 20.2 Å². The summed E-state index contributed by atoms with van der Waals surface area (Å²) in [4.78, 5) is 18.8.